The third kappa shape index (κ3) is 3.35. The van der Waals surface area contributed by atoms with Crippen molar-refractivity contribution in [1.29, 1.82) is 5.26 Å². The topological polar surface area (TPSA) is 96.0 Å². The van der Waals surface area contributed by atoms with Crippen LogP contribution in [0, 0.1) is 11.3 Å². The van der Waals surface area contributed by atoms with Gasteiger partial charge in [-0.15, -0.1) is 0 Å². The molecule has 0 aliphatic rings. The molecule has 0 bridgehead atoms. The van der Waals surface area contributed by atoms with Gasteiger partial charge in [-0.1, -0.05) is 24.3 Å². The summed E-state index contributed by atoms with van der Waals surface area (Å²) in [5.74, 6) is 0. The number of nitrogens with two attached hydrogens (primary N) is 1. The normalized spacial score (nSPS) is 10.8. The van der Waals surface area contributed by atoms with Gasteiger partial charge in [0.05, 0.1) is 16.5 Å². The van der Waals surface area contributed by atoms with Gasteiger partial charge in [-0.2, -0.15) is 5.26 Å². The Morgan fingerprint density at radius 1 is 1.15 bits per heavy atom. The number of anilines is 1. The third-order valence-corrected chi connectivity index (χ3v) is 3.69. The van der Waals surface area contributed by atoms with E-state index in [-0.39, 0.29) is 4.90 Å². The minimum Gasteiger partial charge on any atom is -0.381 e. The van der Waals surface area contributed by atoms with Crippen LogP contribution in [0.2, 0.25) is 0 Å². The Morgan fingerprint density at radius 3 is 2.60 bits per heavy atom. The molecule has 0 heterocycles. The fourth-order valence-corrected chi connectivity index (χ4v) is 2.32. The van der Waals surface area contributed by atoms with Crippen LogP contribution in [-0.4, -0.2) is 8.42 Å². The summed E-state index contributed by atoms with van der Waals surface area (Å²) in [6, 6.07) is 15.6. The van der Waals surface area contributed by atoms with Crippen molar-refractivity contribution in [2.24, 2.45) is 5.14 Å². The quantitative estimate of drug-likeness (QED) is 0.896. The Balaban J connectivity index is 2.18. The standard InChI is InChI=1S/C14H13N3O2S/c15-9-11-4-1-2-5-12(11)10-17-13-6-3-7-14(8-13)20(16,18)19/h1-8,17H,10H2,(H2,16,18,19). The molecule has 0 aliphatic heterocycles. The summed E-state index contributed by atoms with van der Waals surface area (Å²) in [4.78, 5) is 0.0519. The van der Waals surface area contributed by atoms with Crippen molar-refractivity contribution in [3.63, 3.8) is 0 Å². The number of sulfonamides is 1. The largest absolute Gasteiger partial charge is 0.381 e. The monoisotopic (exact) mass is 287 g/mol. The van der Waals surface area contributed by atoms with Gasteiger partial charge in [-0.3, -0.25) is 0 Å². The summed E-state index contributed by atoms with van der Waals surface area (Å²) in [6.45, 7) is 0.428. The van der Waals surface area contributed by atoms with E-state index < -0.39 is 10.0 Å². The number of nitrogens with zero attached hydrogens (tertiary/aromatic N) is 1. The molecule has 3 N–H and O–H groups in total. The maximum Gasteiger partial charge on any atom is 0.238 e. The lowest BCUT2D eigenvalue weighted by Crippen LogP contribution is -2.12. The molecule has 0 fully saturated rings. The lowest BCUT2D eigenvalue weighted by Gasteiger charge is -2.09. The number of benzene rings is 2. The van der Waals surface area contributed by atoms with Gasteiger partial charge in [-0.05, 0) is 29.8 Å². The van der Waals surface area contributed by atoms with Crippen LogP contribution in [0.3, 0.4) is 0 Å². The Labute approximate surface area is 117 Å². The SMILES string of the molecule is N#Cc1ccccc1CNc1cccc(S(N)(=O)=O)c1. The first-order valence-corrected chi connectivity index (χ1v) is 7.40. The summed E-state index contributed by atoms with van der Waals surface area (Å²) in [5, 5.41) is 17.1. The molecule has 0 aromatic heterocycles. The van der Waals surface area contributed by atoms with Crippen molar-refractivity contribution in [1.82, 2.24) is 0 Å². The van der Waals surface area contributed by atoms with Crippen molar-refractivity contribution < 1.29 is 8.42 Å². The van der Waals surface area contributed by atoms with E-state index in [0.717, 1.165) is 5.56 Å². The van der Waals surface area contributed by atoms with Gasteiger partial charge in [-0.25, -0.2) is 13.6 Å². The zero-order valence-electron chi connectivity index (χ0n) is 10.6. The van der Waals surface area contributed by atoms with E-state index >= 15 is 0 Å². The fraction of sp³-hybridized carbons (Fsp3) is 0.0714. The number of rotatable bonds is 4. The maximum absolute atomic E-state index is 11.3. The van der Waals surface area contributed by atoms with Gasteiger partial charge in [0.1, 0.15) is 0 Å². The first-order chi connectivity index (χ1) is 9.50. The van der Waals surface area contributed by atoms with Crippen molar-refractivity contribution in [3.05, 3.63) is 59.7 Å². The van der Waals surface area contributed by atoms with E-state index in [1.165, 1.54) is 12.1 Å². The molecule has 102 valence electrons. The van der Waals surface area contributed by atoms with Crippen LogP contribution in [0.1, 0.15) is 11.1 Å². The van der Waals surface area contributed by atoms with Crippen molar-refractivity contribution in [2.45, 2.75) is 11.4 Å². The van der Waals surface area contributed by atoms with Crippen LogP contribution >= 0.6 is 0 Å². The van der Waals surface area contributed by atoms with Gasteiger partial charge in [0, 0.05) is 12.2 Å². The average molecular weight is 287 g/mol. The van der Waals surface area contributed by atoms with Crippen LogP contribution in [0.15, 0.2) is 53.4 Å². The number of hydrogen-bond acceptors (Lipinski definition) is 4. The van der Waals surface area contributed by atoms with E-state index in [9.17, 15) is 8.42 Å². The molecule has 0 saturated heterocycles. The molecular weight excluding hydrogens is 274 g/mol. The molecule has 2 aromatic rings. The van der Waals surface area contributed by atoms with Crippen molar-refractivity contribution >= 4 is 15.7 Å². The van der Waals surface area contributed by atoms with Gasteiger partial charge < -0.3 is 5.32 Å². The summed E-state index contributed by atoms with van der Waals surface area (Å²) >= 11 is 0. The summed E-state index contributed by atoms with van der Waals surface area (Å²) < 4.78 is 22.5. The molecule has 2 aromatic carbocycles. The van der Waals surface area contributed by atoms with Gasteiger partial charge in [0.15, 0.2) is 0 Å². The summed E-state index contributed by atoms with van der Waals surface area (Å²) in [5.41, 5.74) is 2.06. The van der Waals surface area contributed by atoms with Crippen molar-refractivity contribution in [2.75, 3.05) is 5.32 Å². The van der Waals surface area contributed by atoms with Crippen LogP contribution in [0.4, 0.5) is 5.69 Å². The molecule has 0 saturated carbocycles. The van der Waals surface area contributed by atoms with Gasteiger partial charge in [0.2, 0.25) is 10.0 Å². The van der Waals surface area contributed by atoms with Crippen molar-refractivity contribution in [3.8, 4) is 6.07 Å². The smallest absolute Gasteiger partial charge is 0.238 e. The van der Waals surface area contributed by atoms with E-state index in [2.05, 4.69) is 11.4 Å². The Bertz CT molecular complexity index is 764. The Morgan fingerprint density at radius 2 is 1.90 bits per heavy atom. The predicted octanol–water partition coefficient (Wildman–Crippen LogP) is 1.82. The highest BCUT2D eigenvalue weighted by Crippen LogP contribution is 2.16. The van der Waals surface area contributed by atoms with Crippen LogP contribution < -0.4 is 10.5 Å². The van der Waals surface area contributed by atoms with E-state index in [4.69, 9.17) is 10.4 Å². The Hall–Kier alpha value is -2.36. The molecule has 6 heteroatoms. The van der Waals surface area contributed by atoms with Gasteiger partial charge in [0.25, 0.3) is 0 Å². The molecule has 0 atom stereocenters. The molecule has 0 radical (unpaired) electrons. The van der Waals surface area contributed by atoms with E-state index in [0.29, 0.717) is 17.8 Å². The molecule has 5 nitrogen and oxygen atoms in total. The molecule has 0 spiro atoms. The zero-order valence-corrected chi connectivity index (χ0v) is 11.4. The molecular formula is C14H13N3O2S. The first-order valence-electron chi connectivity index (χ1n) is 5.85. The van der Waals surface area contributed by atoms with Gasteiger partial charge >= 0.3 is 0 Å². The molecule has 0 unspecified atom stereocenters. The highest BCUT2D eigenvalue weighted by Gasteiger charge is 2.08. The predicted molar refractivity (Wildman–Crippen MR) is 76.3 cm³/mol. The highest BCUT2D eigenvalue weighted by molar-refractivity contribution is 7.89. The van der Waals surface area contributed by atoms with Crippen LogP contribution in [0.25, 0.3) is 0 Å². The number of nitriles is 1. The zero-order chi connectivity index (χ0) is 14.6. The molecule has 0 amide bonds. The minimum atomic E-state index is -3.71. The first kappa shape index (κ1) is 14.1. The second kappa shape index (κ2) is 5.74. The van der Waals surface area contributed by atoms with E-state index in [1.807, 2.05) is 12.1 Å². The third-order valence-electron chi connectivity index (χ3n) is 2.78. The molecule has 2 rings (SSSR count). The van der Waals surface area contributed by atoms with Crippen LogP contribution in [-0.2, 0) is 16.6 Å². The summed E-state index contributed by atoms with van der Waals surface area (Å²) in [7, 11) is -3.71. The second-order valence-corrected chi connectivity index (χ2v) is 5.76. The second-order valence-electron chi connectivity index (χ2n) is 4.20. The number of nitrogens with one attached hydrogen (secondary N) is 1. The average Bonchev–Trinajstić information content (AvgIpc) is 2.45. The summed E-state index contributed by atoms with van der Waals surface area (Å²) in [6.07, 6.45) is 0. The minimum absolute atomic E-state index is 0.0519. The Kier molecular flexibility index (Phi) is 4.03. The lowest BCUT2D eigenvalue weighted by atomic mass is 10.1. The fourth-order valence-electron chi connectivity index (χ4n) is 1.76. The lowest BCUT2D eigenvalue weighted by molar-refractivity contribution is 0.598. The molecule has 0 aliphatic carbocycles. The number of primary sulfonamides is 1. The van der Waals surface area contributed by atoms with Crippen LogP contribution in [0.5, 0.6) is 0 Å². The molecule has 20 heavy (non-hydrogen) atoms. The van der Waals surface area contributed by atoms with E-state index in [1.54, 1.807) is 24.3 Å². The number of hydrogen-bond donors (Lipinski definition) is 2. The maximum atomic E-state index is 11.3. The highest BCUT2D eigenvalue weighted by atomic mass is 32.2.